The molecule has 6 rings (SSSR count). The van der Waals surface area contributed by atoms with E-state index in [-0.39, 0.29) is 64.0 Å². The number of amides is 1. The Morgan fingerprint density at radius 2 is 1.64 bits per heavy atom. The lowest BCUT2D eigenvalue weighted by Crippen LogP contribution is -2.45. The van der Waals surface area contributed by atoms with Gasteiger partial charge in [0.1, 0.15) is 17.4 Å². The van der Waals surface area contributed by atoms with Crippen LogP contribution in [0.25, 0.3) is 22.3 Å². The maximum atomic E-state index is 15.3. The normalized spacial score (nSPS) is 26.5. The van der Waals surface area contributed by atoms with E-state index in [4.69, 9.17) is 24.2 Å². The molecule has 1 aromatic heterocycles. The second-order valence-electron chi connectivity index (χ2n) is 15.8. The van der Waals surface area contributed by atoms with Crippen molar-refractivity contribution in [1.82, 2.24) is 14.9 Å². The average Bonchev–Trinajstić information content (AvgIpc) is 3.59. The predicted octanol–water partition coefficient (Wildman–Crippen LogP) is 7.51. The van der Waals surface area contributed by atoms with Crippen molar-refractivity contribution >= 4 is 34.7 Å². The summed E-state index contributed by atoms with van der Waals surface area (Å²) in [4.78, 5) is 66.5. The van der Waals surface area contributed by atoms with Gasteiger partial charge in [-0.05, 0) is 65.0 Å². The molecule has 2 saturated heterocycles. The monoisotopic (exact) mass is 733 g/mol. The van der Waals surface area contributed by atoms with E-state index in [1.54, 1.807) is 27.7 Å². The van der Waals surface area contributed by atoms with Crippen molar-refractivity contribution in [2.24, 2.45) is 17.3 Å². The van der Waals surface area contributed by atoms with Crippen LogP contribution in [0.5, 0.6) is 5.88 Å². The summed E-state index contributed by atoms with van der Waals surface area (Å²) in [6, 6.07) is 15.8. The molecule has 2 aromatic carbocycles. The standard InChI is InChI=1S/C41H49F2N3O7/c1-5-51-38(50)40-22-28(40)23-41(42,43)19-13-7-10-16-27(20-34(48)53-39(2,3)4)37(49)46-25-29(21-32(46)33(47)24-40)52-36-35(26-14-8-6-9-15-26)44-30-17-11-12-18-31(30)45-36/h6,8-9,11-12,14-15,17-18,27-29,32H,5,7,10,13,16,19-25H2,1-4H3/t27-,28+,29-,32+,40-/m1/s1. The lowest BCUT2D eigenvalue weighted by atomic mass is 9.90. The van der Waals surface area contributed by atoms with E-state index in [0.29, 0.717) is 29.6 Å². The summed E-state index contributed by atoms with van der Waals surface area (Å²) in [5.74, 6) is -6.42. The second kappa shape index (κ2) is 15.5. The Kier molecular flexibility index (Phi) is 11.2. The molecule has 0 N–H and O–H groups in total. The van der Waals surface area contributed by atoms with Crippen molar-refractivity contribution in [3.63, 3.8) is 0 Å². The molecule has 3 fully saturated rings. The van der Waals surface area contributed by atoms with Crippen LogP contribution in [0.4, 0.5) is 8.78 Å². The van der Waals surface area contributed by atoms with Gasteiger partial charge in [-0.15, -0.1) is 0 Å². The first kappa shape index (κ1) is 38.3. The minimum atomic E-state index is -3.02. The molecule has 53 heavy (non-hydrogen) atoms. The topological polar surface area (TPSA) is 125 Å². The van der Waals surface area contributed by atoms with E-state index in [2.05, 4.69) is 0 Å². The van der Waals surface area contributed by atoms with Gasteiger partial charge in [0.25, 0.3) is 0 Å². The van der Waals surface area contributed by atoms with Crippen molar-refractivity contribution < 1.29 is 42.2 Å². The highest BCUT2D eigenvalue weighted by atomic mass is 19.3. The van der Waals surface area contributed by atoms with Crippen LogP contribution in [0.1, 0.15) is 91.9 Å². The highest BCUT2D eigenvalue weighted by Crippen LogP contribution is 2.61. The Balaban J connectivity index is 1.35. The fraction of sp³-hybridized carbons (Fsp3) is 0.561. The zero-order valence-electron chi connectivity index (χ0n) is 30.9. The molecule has 2 aliphatic heterocycles. The quantitative estimate of drug-likeness (QED) is 0.227. The van der Waals surface area contributed by atoms with Crippen LogP contribution >= 0.6 is 0 Å². The van der Waals surface area contributed by atoms with Gasteiger partial charge in [0.15, 0.2) is 5.78 Å². The minimum absolute atomic E-state index is 0.0106. The molecule has 1 saturated carbocycles. The Morgan fingerprint density at radius 1 is 0.943 bits per heavy atom. The summed E-state index contributed by atoms with van der Waals surface area (Å²) in [7, 11) is 0. The third kappa shape index (κ3) is 9.01. The molecule has 12 heteroatoms. The number of carbonyl (C=O) groups is 4. The van der Waals surface area contributed by atoms with Crippen molar-refractivity contribution in [3.05, 3.63) is 54.6 Å². The summed E-state index contributed by atoms with van der Waals surface area (Å²) in [6.45, 7) is 6.92. The molecule has 3 aromatic rings. The Morgan fingerprint density at radius 3 is 2.34 bits per heavy atom. The summed E-state index contributed by atoms with van der Waals surface area (Å²) < 4.78 is 48.0. The van der Waals surface area contributed by atoms with E-state index in [1.807, 2.05) is 54.6 Å². The average molecular weight is 734 g/mol. The van der Waals surface area contributed by atoms with Gasteiger partial charge in [0, 0.05) is 37.2 Å². The van der Waals surface area contributed by atoms with Crippen LogP contribution in [0.2, 0.25) is 0 Å². The number of nitrogens with zero attached hydrogens (tertiary/aromatic N) is 3. The number of carbonyl (C=O) groups excluding carboxylic acids is 4. The van der Waals surface area contributed by atoms with Crippen LogP contribution in [0, 0.1) is 17.3 Å². The van der Waals surface area contributed by atoms with Gasteiger partial charge in [-0.25, -0.2) is 18.7 Å². The van der Waals surface area contributed by atoms with Crippen LogP contribution in [0.3, 0.4) is 0 Å². The number of esters is 2. The molecule has 5 atom stereocenters. The Labute approximate surface area is 309 Å². The first-order valence-electron chi connectivity index (χ1n) is 18.8. The van der Waals surface area contributed by atoms with Crippen LogP contribution in [0.15, 0.2) is 54.6 Å². The second-order valence-corrected chi connectivity index (χ2v) is 15.8. The highest BCUT2D eigenvalue weighted by Gasteiger charge is 2.64. The van der Waals surface area contributed by atoms with Crippen molar-refractivity contribution in [1.29, 1.82) is 0 Å². The molecular formula is C41H49F2N3O7. The SMILES string of the molecule is CCOC(=O)[C@]12CC(=O)[C@@H]3C[C@@H](Oc4nc5ccccc5nc4-c4ccccc4)CN3C(=O)[C@@H](CC(=O)OC(C)(C)C)CCCCCC(F)(F)C[C@@H]1C2. The van der Waals surface area contributed by atoms with E-state index < -0.39 is 71.0 Å². The number of fused-ring (bicyclic) bond motifs is 3. The fourth-order valence-corrected chi connectivity index (χ4v) is 7.88. The number of alkyl halides is 2. The van der Waals surface area contributed by atoms with Gasteiger partial charge >= 0.3 is 11.9 Å². The van der Waals surface area contributed by atoms with E-state index in [1.165, 1.54) is 4.90 Å². The maximum absolute atomic E-state index is 15.3. The molecule has 0 unspecified atom stereocenters. The molecule has 284 valence electrons. The predicted molar refractivity (Wildman–Crippen MR) is 193 cm³/mol. The summed E-state index contributed by atoms with van der Waals surface area (Å²) >= 11 is 0. The molecule has 3 heterocycles. The van der Waals surface area contributed by atoms with Gasteiger partial charge < -0.3 is 19.1 Å². The number of rotatable bonds is 7. The Hall–Kier alpha value is -4.48. The molecule has 3 aliphatic rings. The number of ether oxygens (including phenoxy) is 3. The van der Waals surface area contributed by atoms with Crippen LogP contribution < -0.4 is 4.74 Å². The van der Waals surface area contributed by atoms with E-state index >= 15 is 8.78 Å². The van der Waals surface area contributed by atoms with Crippen LogP contribution in [-0.2, 0) is 28.7 Å². The molecule has 0 bridgehead atoms. The zero-order valence-corrected chi connectivity index (χ0v) is 30.9. The van der Waals surface area contributed by atoms with Gasteiger partial charge in [-0.2, -0.15) is 0 Å². The summed E-state index contributed by atoms with van der Waals surface area (Å²) in [6.07, 6.45) is -0.608. The van der Waals surface area contributed by atoms with Gasteiger partial charge in [-0.1, -0.05) is 55.3 Å². The smallest absolute Gasteiger partial charge is 0.312 e. The van der Waals surface area contributed by atoms with E-state index in [9.17, 15) is 19.2 Å². The number of benzene rings is 2. The number of aromatic nitrogens is 2. The van der Waals surface area contributed by atoms with Crippen molar-refractivity contribution in [2.75, 3.05) is 13.2 Å². The minimum Gasteiger partial charge on any atom is -0.471 e. The summed E-state index contributed by atoms with van der Waals surface area (Å²) in [5.41, 5.74) is 0.374. The molecule has 0 spiro atoms. The molecular weight excluding hydrogens is 684 g/mol. The third-order valence-electron chi connectivity index (χ3n) is 10.5. The number of hydrogen-bond acceptors (Lipinski definition) is 9. The first-order valence-corrected chi connectivity index (χ1v) is 18.8. The van der Waals surface area contributed by atoms with Gasteiger partial charge in [0.05, 0.1) is 42.1 Å². The van der Waals surface area contributed by atoms with Gasteiger partial charge in [0.2, 0.25) is 17.7 Å². The number of Topliss-reactive ketones (excluding diaryl/α,β-unsaturated/α-hetero) is 1. The maximum Gasteiger partial charge on any atom is 0.312 e. The summed E-state index contributed by atoms with van der Waals surface area (Å²) in [5, 5.41) is 0. The number of ketones is 1. The van der Waals surface area contributed by atoms with Crippen molar-refractivity contribution in [2.45, 2.75) is 116 Å². The fourth-order valence-electron chi connectivity index (χ4n) is 7.88. The zero-order chi connectivity index (χ0) is 38.0. The first-order chi connectivity index (χ1) is 25.2. The van der Waals surface area contributed by atoms with Crippen LogP contribution in [-0.4, -0.2) is 75.3 Å². The lowest BCUT2D eigenvalue weighted by Gasteiger charge is -2.29. The molecule has 1 aliphatic carbocycles. The van der Waals surface area contributed by atoms with Crippen molar-refractivity contribution in [3.8, 4) is 17.1 Å². The number of para-hydroxylation sites is 2. The highest BCUT2D eigenvalue weighted by molar-refractivity contribution is 5.95. The number of hydrogen-bond donors (Lipinski definition) is 0. The lowest BCUT2D eigenvalue weighted by molar-refractivity contribution is -0.159. The van der Waals surface area contributed by atoms with E-state index in [0.717, 1.165) is 5.56 Å². The van der Waals surface area contributed by atoms with Gasteiger partial charge in [-0.3, -0.25) is 19.2 Å². The largest absolute Gasteiger partial charge is 0.471 e. The Bertz CT molecular complexity index is 1830. The third-order valence-corrected chi connectivity index (χ3v) is 10.5. The molecule has 0 radical (unpaired) electrons. The molecule has 10 nitrogen and oxygen atoms in total. The number of halogens is 2. The molecule has 1 amide bonds.